The molecule has 0 radical (unpaired) electrons. The first-order valence-corrected chi connectivity index (χ1v) is 12.0. The highest BCUT2D eigenvalue weighted by molar-refractivity contribution is 7.85. The van der Waals surface area contributed by atoms with Crippen molar-refractivity contribution < 1.29 is 9.00 Å². The van der Waals surface area contributed by atoms with E-state index >= 15 is 0 Å². The molecular formula is C20H26N8O2S. The summed E-state index contributed by atoms with van der Waals surface area (Å²) < 4.78 is 12.6. The minimum Gasteiger partial charge on any atom is -0.364 e. The number of fused-ring (bicyclic) bond motifs is 1. The number of carbonyl (C=O) groups excluding carboxylic acids is 1. The van der Waals surface area contributed by atoms with Crippen LogP contribution in [0.2, 0.25) is 0 Å². The van der Waals surface area contributed by atoms with Crippen LogP contribution in [0.25, 0.3) is 0 Å². The molecule has 1 N–H and O–H groups in total. The molecule has 0 spiro atoms. The molecule has 164 valence electrons. The molecule has 2 saturated heterocycles. The highest BCUT2D eigenvalue weighted by Crippen LogP contribution is 2.31. The van der Waals surface area contributed by atoms with Gasteiger partial charge in [-0.2, -0.15) is 4.98 Å². The second kappa shape index (κ2) is 8.37. The minimum absolute atomic E-state index is 0.0989. The summed E-state index contributed by atoms with van der Waals surface area (Å²) >= 11 is 0. The Labute approximate surface area is 183 Å². The van der Waals surface area contributed by atoms with Crippen molar-refractivity contribution in [2.75, 3.05) is 60.6 Å². The molecular weight excluding hydrogens is 416 g/mol. The van der Waals surface area contributed by atoms with E-state index < -0.39 is 10.8 Å². The fraction of sp³-hybridized carbons (Fsp3) is 0.550. The maximum atomic E-state index is 12.6. The number of hydrogen-bond donors (Lipinski definition) is 1. The Hall–Kier alpha value is -2.82. The number of anilines is 3. The molecule has 10 nitrogen and oxygen atoms in total. The Balaban J connectivity index is 1.35. The summed E-state index contributed by atoms with van der Waals surface area (Å²) in [5, 5.41) is 3.48. The van der Waals surface area contributed by atoms with Gasteiger partial charge in [-0.25, -0.2) is 15.0 Å². The zero-order valence-corrected chi connectivity index (χ0v) is 18.3. The van der Waals surface area contributed by atoms with Gasteiger partial charge in [0.1, 0.15) is 22.9 Å². The number of carbonyl (C=O) groups is 1. The lowest BCUT2D eigenvalue weighted by molar-refractivity contribution is -0.132. The molecule has 1 amide bonds. The SMILES string of the molecule is CN1C[C@H](Nc2nc(N3CCN(c4ccncn4)CC3)nc3c2S(=O)CC3)CCC1=O. The Morgan fingerprint density at radius 3 is 2.68 bits per heavy atom. The molecule has 2 aromatic rings. The molecule has 2 aromatic heterocycles. The van der Waals surface area contributed by atoms with Crippen molar-refractivity contribution in [1.29, 1.82) is 0 Å². The van der Waals surface area contributed by atoms with Gasteiger partial charge in [-0.15, -0.1) is 0 Å². The van der Waals surface area contributed by atoms with Gasteiger partial charge in [0.25, 0.3) is 0 Å². The number of amides is 1. The molecule has 2 fully saturated rings. The average molecular weight is 443 g/mol. The second-order valence-electron chi connectivity index (χ2n) is 8.14. The van der Waals surface area contributed by atoms with E-state index in [1.54, 1.807) is 17.4 Å². The quantitative estimate of drug-likeness (QED) is 0.715. The molecule has 2 atom stereocenters. The van der Waals surface area contributed by atoms with Crippen LogP contribution in [0.15, 0.2) is 23.5 Å². The molecule has 3 aliphatic rings. The van der Waals surface area contributed by atoms with Crippen molar-refractivity contribution in [3.8, 4) is 0 Å². The summed E-state index contributed by atoms with van der Waals surface area (Å²) in [5.74, 6) is 3.03. The summed E-state index contributed by atoms with van der Waals surface area (Å²) in [6.07, 6.45) is 5.30. The van der Waals surface area contributed by atoms with E-state index in [2.05, 4.69) is 25.1 Å². The topological polar surface area (TPSA) is 107 Å². The standard InChI is InChI=1S/C20H26N8O2S/c1-26-12-14(2-3-17(26)29)23-19-18-15(5-11-31(18)30)24-20(25-19)28-9-7-27(8-10-28)16-4-6-21-13-22-16/h4,6,13-14H,2-3,5,7-12H2,1H3,(H,23,24,25)/t14-,31?/m1/s1. The largest absolute Gasteiger partial charge is 0.364 e. The van der Waals surface area contributed by atoms with Crippen LogP contribution in [0.5, 0.6) is 0 Å². The van der Waals surface area contributed by atoms with Gasteiger partial charge in [0.15, 0.2) is 0 Å². The maximum absolute atomic E-state index is 12.6. The predicted octanol–water partition coefficient (Wildman–Crippen LogP) is 0.290. The molecule has 31 heavy (non-hydrogen) atoms. The number of nitrogens with one attached hydrogen (secondary N) is 1. The monoisotopic (exact) mass is 442 g/mol. The summed E-state index contributed by atoms with van der Waals surface area (Å²) in [7, 11) is 0.739. The lowest BCUT2D eigenvalue weighted by atomic mass is 10.1. The molecule has 0 aromatic carbocycles. The third-order valence-electron chi connectivity index (χ3n) is 6.10. The second-order valence-corrected chi connectivity index (χ2v) is 9.65. The van der Waals surface area contributed by atoms with E-state index in [0.717, 1.165) is 49.0 Å². The van der Waals surface area contributed by atoms with Crippen LogP contribution >= 0.6 is 0 Å². The number of rotatable bonds is 4. The van der Waals surface area contributed by atoms with Gasteiger partial charge in [0.2, 0.25) is 11.9 Å². The normalized spacial score (nSPS) is 23.8. The first kappa shape index (κ1) is 20.1. The van der Waals surface area contributed by atoms with E-state index in [9.17, 15) is 9.00 Å². The van der Waals surface area contributed by atoms with Crippen molar-refractivity contribution >= 4 is 34.3 Å². The Morgan fingerprint density at radius 1 is 1.13 bits per heavy atom. The van der Waals surface area contributed by atoms with E-state index in [1.807, 2.05) is 13.1 Å². The molecule has 5 heterocycles. The van der Waals surface area contributed by atoms with E-state index in [4.69, 9.17) is 9.97 Å². The zero-order chi connectivity index (χ0) is 21.4. The van der Waals surface area contributed by atoms with E-state index in [-0.39, 0.29) is 11.9 Å². The van der Waals surface area contributed by atoms with E-state index in [1.165, 1.54) is 0 Å². The zero-order valence-electron chi connectivity index (χ0n) is 17.5. The predicted molar refractivity (Wildman–Crippen MR) is 118 cm³/mol. The van der Waals surface area contributed by atoms with E-state index in [0.29, 0.717) is 36.9 Å². The molecule has 1 unspecified atom stereocenters. The minimum atomic E-state index is -1.08. The van der Waals surface area contributed by atoms with Crippen molar-refractivity contribution in [3.63, 3.8) is 0 Å². The van der Waals surface area contributed by atoms with Crippen LogP contribution < -0.4 is 15.1 Å². The molecule has 0 bridgehead atoms. The highest BCUT2D eigenvalue weighted by Gasteiger charge is 2.31. The summed E-state index contributed by atoms with van der Waals surface area (Å²) in [4.78, 5) is 36.6. The lowest BCUT2D eigenvalue weighted by Crippen LogP contribution is -2.47. The van der Waals surface area contributed by atoms with Gasteiger partial charge in [-0.05, 0) is 12.5 Å². The number of piperazine rings is 1. The molecule has 0 aliphatic carbocycles. The number of aryl methyl sites for hydroxylation is 1. The van der Waals surface area contributed by atoms with Crippen LogP contribution in [0, 0.1) is 0 Å². The van der Waals surface area contributed by atoms with Crippen LogP contribution in [0.4, 0.5) is 17.6 Å². The summed E-state index contributed by atoms with van der Waals surface area (Å²) in [6.45, 7) is 3.83. The van der Waals surface area contributed by atoms with Gasteiger partial charge >= 0.3 is 0 Å². The Bertz CT molecular complexity index is 996. The first-order chi connectivity index (χ1) is 15.1. The Morgan fingerprint density at radius 2 is 1.94 bits per heavy atom. The smallest absolute Gasteiger partial charge is 0.227 e. The van der Waals surface area contributed by atoms with Crippen molar-refractivity contribution in [3.05, 3.63) is 24.3 Å². The van der Waals surface area contributed by atoms with Crippen LogP contribution in [-0.2, 0) is 22.0 Å². The number of piperidine rings is 1. The van der Waals surface area contributed by atoms with Gasteiger partial charge in [0.05, 0.1) is 16.5 Å². The molecule has 11 heteroatoms. The van der Waals surface area contributed by atoms with Gasteiger partial charge in [-0.1, -0.05) is 0 Å². The maximum Gasteiger partial charge on any atom is 0.227 e. The van der Waals surface area contributed by atoms with Crippen molar-refractivity contribution in [1.82, 2.24) is 24.8 Å². The van der Waals surface area contributed by atoms with Crippen LogP contribution in [0.1, 0.15) is 18.5 Å². The lowest BCUT2D eigenvalue weighted by Gasteiger charge is -2.36. The molecule has 0 saturated carbocycles. The number of likely N-dealkylation sites (N-methyl/N-ethyl adjacent to an activating group) is 1. The fourth-order valence-corrected chi connectivity index (χ4v) is 5.67. The average Bonchev–Trinajstić information content (AvgIpc) is 3.18. The fourth-order valence-electron chi connectivity index (χ4n) is 4.35. The molecule has 5 rings (SSSR count). The number of likely N-dealkylation sites (tertiary alicyclic amines) is 1. The highest BCUT2D eigenvalue weighted by atomic mass is 32.2. The Kier molecular flexibility index (Phi) is 5.43. The van der Waals surface area contributed by atoms with Gasteiger partial charge in [-0.3, -0.25) is 9.00 Å². The third-order valence-corrected chi connectivity index (χ3v) is 7.56. The summed E-state index contributed by atoms with van der Waals surface area (Å²) in [5.41, 5.74) is 0.879. The van der Waals surface area contributed by atoms with Gasteiger partial charge < -0.3 is 20.0 Å². The number of hydrogen-bond acceptors (Lipinski definition) is 9. The number of nitrogens with zero attached hydrogens (tertiary/aromatic N) is 7. The third kappa shape index (κ3) is 4.06. The van der Waals surface area contributed by atoms with Crippen molar-refractivity contribution in [2.24, 2.45) is 0 Å². The number of aromatic nitrogens is 4. The van der Waals surface area contributed by atoms with Crippen LogP contribution in [-0.4, -0.2) is 86.5 Å². The first-order valence-electron chi connectivity index (χ1n) is 10.6. The van der Waals surface area contributed by atoms with Crippen molar-refractivity contribution in [2.45, 2.75) is 30.2 Å². The van der Waals surface area contributed by atoms with Crippen LogP contribution in [0.3, 0.4) is 0 Å². The summed E-state index contributed by atoms with van der Waals surface area (Å²) in [6, 6.07) is 2.02. The molecule has 3 aliphatic heterocycles. The van der Waals surface area contributed by atoms with Gasteiger partial charge in [0, 0.05) is 70.6 Å².